The summed E-state index contributed by atoms with van der Waals surface area (Å²) in [4.78, 5) is 0. The number of halogens is 3. The third-order valence-electron chi connectivity index (χ3n) is 1.88. The second-order valence-corrected chi connectivity index (χ2v) is 3.26. The normalized spacial score (nSPS) is 11.5. The lowest BCUT2D eigenvalue weighted by Crippen LogP contribution is -2.19. The van der Waals surface area contributed by atoms with Gasteiger partial charge in [0.15, 0.2) is 6.61 Å². The molecule has 0 saturated heterocycles. The highest BCUT2D eigenvalue weighted by molar-refractivity contribution is 5.33. The molecule has 0 heterocycles. The number of rotatable bonds is 4. The first-order chi connectivity index (χ1) is 7.03. The predicted octanol–water partition coefficient (Wildman–Crippen LogP) is 3.58. The summed E-state index contributed by atoms with van der Waals surface area (Å²) in [6.45, 7) is 0.744. The molecule has 0 saturated carbocycles. The minimum atomic E-state index is -4.28. The van der Waals surface area contributed by atoms with Crippen LogP contribution in [-0.2, 0) is 6.42 Å². The van der Waals surface area contributed by atoms with Crippen molar-refractivity contribution in [3.05, 3.63) is 29.8 Å². The van der Waals surface area contributed by atoms with Crippen LogP contribution in [0.4, 0.5) is 13.2 Å². The molecule has 0 aromatic heterocycles. The summed E-state index contributed by atoms with van der Waals surface area (Å²) >= 11 is 0. The van der Waals surface area contributed by atoms with Crippen LogP contribution in [0.1, 0.15) is 18.9 Å². The summed E-state index contributed by atoms with van der Waals surface area (Å²) in [5.41, 5.74) is 0.823. The zero-order chi connectivity index (χ0) is 11.3. The molecule has 1 aromatic rings. The molecule has 4 heteroatoms. The van der Waals surface area contributed by atoms with Gasteiger partial charge in [-0.15, -0.1) is 0 Å². The number of hydrogen-bond acceptors (Lipinski definition) is 1. The van der Waals surface area contributed by atoms with Crippen molar-refractivity contribution in [3.63, 3.8) is 0 Å². The molecule has 0 atom stereocenters. The fourth-order valence-electron chi connectivity index (χ4n) is 1.28. The van der Waals surface area contributed by atoms with Crippen LogP contribution in [-0.4, -0.2) is 12.8 Å². The first-order valence-corrected chi connectivity index (χ1v) is 4.80. The van der Waals surface area contributed by atoms with E-state index < -0.39 is 12.8 Å². The van der Waals surface area contributed by atoms with Crippen LogP contribution in [0.5, 0.6) is 5.75 Å². The molecule has 0 unspecified atom stereocenters. The monoisotopic (exact) mass is 218 g/mol. The van der Waals surface area contributed by atoms with Crippen molar-refractivity contribution in [3.8, 4) is 5.75 Å². The Hall–Kier alpha value is -1.19. The first-order valence-electron chi connectivity index (χ1n) is 4.80. The van der Waals surface area contributed by atoms with E-state index in [1.54, 1.807) is 24.3 Å². The van der Waals surface area contributed by atoms with Gasteiger partial charge in [-0.1, -0.05) is 31.5 Å². The molecule has 15 heavy (non-hydrogen) atoms. The molecule has 84 valence electrons. The van der Waals surface area contributed by atoms with E-state index in [4.69, 9.17) is 4.74 Å². The number of benzene rings is 1. The van der Waals surface area contributed by atoms with Gasteiger partial charge in [0.2, 0.25) is 0 Å². The quantitative estimate of drug-likeness (QED) is 0.750. The molecule has 1 rings (SSSR count). The summed E-state index contributed by atoms with van der Waals surface area (Å²) in [7, 11) is 0. The van der Waals surface area contributed by atoms with E-state index in [9.17, 15) is 13.2 Å². The highest BCUT2D eigenvalue weighted by Gasteiger charge is 2.28. The second-order valence-electron chi connectivity index (χ2n) is 3.26. The smallest absolute Gasteiger partial charge is 0.422 e. The van der Waals surface area contributed by atoms with Crippen molar-refractivity contribution >= 4 is 0 Å². The molecule has 0 aliphatic heterocycles. The van der Waals surface area contributed by atoms with Gasteiger partial charge in [-0.25, -0.2) is 0 Å². The number of aryl methyl sites for hydroxylation is 1. The van der Waals surface area contributed by atoms with Gasteiger partial charge in [0.1, 0.15) is 5.75 Å². The largest absolute Gasteiger partial charge is 0.484 e. The highest BCUT2D eigenvalue weighted by Crippen LogP contribution is 2.22. The molecule has 0 N–H and O–H groups in total. The van der Waals surface area contributed by atoms with E-state index in [1.807, 2.05) is 6.92 Å². The topological polar surface area (TPSA) is 9.23 Å². The Balaban J connectivity index is 2.67. The molecular weight excluding hydrogens is 205 g/mol. The Labute approximate surface area is 86.9 Å². The van der Waals surface area contributed by atoms with E-state index in [1.165, 1.54) is 0 Å². The molecule has 0 spiro atoms. The average molecular weight is 218 g/mol. The third-order valence-corrected chi connectivity index (χ3v) is 1.88. The van der Waals surface area contributed by atoms with E-state index >= 15 is 0 Å². The van der Waals surface area contributed by atoms with Gasteiger partial charge in [-0.3, -0.25) is 0 Å². The molecule has 0 amide bonds. The molecule has 0 fully saturated rings. The van der Waals surface area contributed by atoms with E-state index in [0.717, 1.165) is 18.4 Å². The number of hydrogen-bond donors (Lipinski definition) is 0. The number of alkyl halides is 3. The standard InChI is InChI=1S/C11H13F3O/c1-2-5-9-6-3-4-7-10(9)15-8-11(12,13)14/h3-4,6-7H,2,5,8H2,1H3. The van der Waals surface area contributed by atoms with Crippen LogP contribution in [0, 0.1) is 0 Å². The molecule has 1 aromatic carbocycles. The zero-order valence-electron chi connectivity index (χ0n) is 8.47. The molecule has 0 aliphatic carbocycles. The van der Waals surface area contributed by atoms with Crippen LogP contribution in [0.25, 0.3) is 0 Å². The van der Waals surface area contributed by atoms with Gasteiger partial charge in [0.05, 0.1) is 0 Å². The van der Waals surface area contributed by atoms with Crippen LogP contribution in [0.2, 0.25) is 0 Å². The van der Waals surface area contributed by atoms with Crippen LogP contribution >= 0.6 is 0 Å². The van der Waals surface area contributed by atoms with Gasteiger partial charge < -0.3 is 4.74 Å². The van der Waals surface area contributed by atoms with Crippen molar-refractivity contribution in [2.24, 2.45) is 0 Å². The van der Waals surface area contributed by atoms with Crippen molar-refractivity contribution in [1.29, 1.82) is 0 Å². The van der Waals surface area contributed by atoms with Gasteiger partial charge in [0.25, 0.3) is 0 Å². The van der Waals surface area contributed by atoms with Crippen molar-refractivity contribution < 1.29 is 17.9 Å². The van der Waals surface area contributed by atoms with Gasteiger partial charge >= 0.3 is 6.18 Å². The summed E-state index contributed by atoms with van der Waals surface area (Å²) < 4.78 is 40.5. The SMILES string of the molecule is CCCc1ccccc1OCC(F)(F)F. The maximum Gasteiger partial charge on any atom is 0.422 e. The highest BCUT2D eigenvalue weighted by atomic mass is 19.4. The van der Waals surface area contributed by atoms with Crippen LogP contribution < -0.4 is 4.74 Å². The third kappa shape index (κ3) is 4.23. The van der Waals surface area contributed by atoms with Gasteiger partial charge in [-0.05, 0) is 18.1 Å². The average Bonchev–Trinajstić information content (AvgIpc) is 2.16. The van der Waals surface area contributed by atoms with Gasteiger partial charge in [-0.2, -0.15) is 13.2 Å². The maximum absolute atomic E-state index is 11.9. The summed E-state index contributed by atoms with van der Waals surface area (Å²) in [5.74, 6) is 0.330. The molecular formula is C11H13F3O. The van der Waals surface area contributed by atoms with E-state index in [0.29, 0.717) is 5.75 Å². The fraction of sp³-hybridized carbons (Fsp3) is 0.455. The minimum Gasteiger partial charge on any atom is -0.484 e. The lowest BCUT2D eigenvalue weighted by atomic mass is 10.1. The molecule has 1 nitrogen and oxygen atoms in total. The fourth-order valence-corrected chi connectivity index (χ4v) is 1.28. The Morgan fingerprint density at radius 2 is 1.87 bits per heavy atom. The summed E-state index contributed by atoms with van der Waals surface area (Å²) in [6.07, 6.45) is -2.67. The summed E-state index contributed by atoms with van der Waals surface area (Å²) in [5, 5.41) is 0. The van der Waals surface area contributed by atoms with Crippen LogP contribution in [0.15, 0.2) is 24.3 Å². The molecule has 0 bridgehead atoms. The lowest BCUT2D eigenvalue weighted by molar-refractivity contribution is -0.153. The number of ether oxygens (including phenoxy) is 1. The predicted molar refractivity (Wildman–Crippen MR) is 52.0 cm³/mol. The minimum absolute atomic E-state index is 0.330. The first kappa shape index (κ1) is 11.9. The Morgan fingerprint density at radius 1 is 1.20 bits per heavy atom. The second kappa shape index (κ2) is 5.05. The van der Waals surface area contributed by atoms with Crippen LogP contribution in [0.3, 0.4) is 0 Å². The van der Waals surface area contributed by atoms with E-state index in [-0.39, 0.29) is 0 Å². The Bertz CT molecular complexity index is 307. The Morgan fingerprint density at radius 3 is 2.47 bits per heavy atom. The molecule has 0 aliphatic rings. The number of para-hydroxylation sites is 1. The molecule has 0 radical (unpaired) electrons. The Kier molecular flexibility index (Phi) is 4.00. The summed E-state index contributed by atoms with van der Waals surface area (Å²) in [6, 6.07) is 6.82. The lowest BCUT2D eigenvalue weighted by Gasteiger charge is -2.12. The van der Waals surface area contributed by atoms with Crippen molar-refractivity contribution in [2.45, 2.75) is 25.9 Å². The maximum atomic E-state index is 11.9. The van der Waals surface area contributed by atoms with Crippen molar-refractivity contribution in [1.82, 2.24) is 0 Å². The van der Waals surface area contributed by atoms with Crippen molar-refractivity contribution in [2.75, 3.05) is 6.61 Å². The van der Waals surface area contributed by atoms with E-state index in [2.05, 4.69) is 0 Å². The zero-order valence-corrected chi connectivity index (χ0v) is 8.47. The van der Waals surface area contributed by atoms with Gasteiger partial charge in [0, 0.05) is 0 Å².